The summed E-state index contributed by atoms with van der Waals surface area (Å²) in [6.07, 6.45) is 3.65. The summed E-state index contributed by atoms with van der Waals surface area (Å²) in [5.74, 6) is 0.0342. The Hall–Kier alpha value is -1.36. The van der Waals surface area contributed by atoms with Gasteiger partial charge >= 0.3 is 0 Å². The first kappa shape index (κ1) is 9.21. The zero-order chi connectivity index (χ0) is 9.97. The van der Waals surface area contributed by atoms with Crippen molar-refractivity contribution in [2.45, 2.75) is 19.5 Å². The number of hydrogen-bond donors (Lipinski definition) is 2. The Balaban J connectivity index is 2.16. The van der Waals surface area contributed by atoms with Crippen molar-refractivity contribution in [3.63, 3.8) is 0 Å². The van der Waals surface area contributed by atoms with Crippen molar-refractivity contribution in [1.29, 1.82) is 0 Å². The van der Waals surface area contributed by atoms with Gasteiger partial charge in [0.1, 0.15) is 6.04 Å². The number of hydrogen-bond acceptors (Lipinski definition) is 3. The number of nitrogens with zero attached hydrogens (tertiary/aromatic N) is 2. The van der Waals surface area contributed by atoms with Gasteiger partial charge in [0.05, 0.1) is 6.20 Å². The largest absolute Gasteiger partial charge is 0.353 e. The number of carbonyl (C=O) groups excluding carboxylic acids is 1. The summed E-state index contributed by atoms with van der Waals surface area (Å²) in [4.78, 5) is 11.5. The van der Waals surface area contributed by atoms with Crippen LogP contribution in [0.2, 0.25) is 0 Å². The Morgan fingerprint density at radius 3 is 3.14 bits per heavy atom. The molecule has 5 nitrogen and oxygen atoms in total. The van der Waals surface area contributed by atoms with Crippen LogP contribution in [0, 0.1) is 0 Å². The molecule has 0 spiro atoms. The van der Waals surface area contributed by atoms with Crippen LogP contribution in [0.15, 0.2) is 12.4 Å². The second kappa shape index (κ2) is 3.79. The molecule has 2 rings (SSSR count). The fraction of sp³-hybridized carbons (Fsp3) is 0.556. The molecule has 0 aromatic carbocycles. The lowest BCUT2D eigenvalue weighted by Crippen LogP contribution is -2.47. The van der Waals surface area contributed by atoms with E-state index in [2.05, 4.69) is 15.7 Å². The molecule has 0 radical (unpaired) electrons. The smallest absolute Gasteiger partial charge is 0.241 e. The summed E-state index contributed by atoms with van der Waals surface area (Å²) in [5, 5.41) is 10.1. The topological polar surface area (TPSA) is 59.0 Å². The predicted molar refractivity (Wildman–Crippen MR) is 51.7 cm³/mol. The molecule has 1 unspecified atom stereocenters. The van der Waals surface area contributed by atoms with Gasteiger partial charge in [0, 0.05) is 31.4 Å². The highest BCUT2D eigenvalue weighted by molar-refractivity contribution is 5.83. The monoisotopic (exact) mass is 194 g/mol. The van der Waals surface area contributed by atoms with E-state index in [1.807, 2.05) is 17.8 Å². The molecule has 2 heterocycles. The lowest BCUT2D eigenvalue weighted by atomic mass is 10.1. The van der Waals surface area contributed by atoms with Gasteiger partial charge in [-0.05, 0) is 6.92 Å². The molecule has 1 aromatic heterocycles. The third-order valence-corrected chi connectivity index (χ3v) is 2.35. The minimum atomic E-state index is -0.232. The highest BCUT2D eigenvalue weighted by Gasteiger charge is 2.23. The Bertz CT molecular complexity index is 333. The van der Waals surface area contributed by atoms with Crippen LogP contribution in [0.5, 0.6) is 0 Å². The van der Waals surface area contributed by atoms with E-state index in [9.17, 15) is 4.79 Å². The lowest BCUT2D eigenvalue weighted by Gasteiger charge is -2.22. The molecule has 1 aliphatic heterocycles. The molecule has 14 heavy (non-hydrogen) atoms. The molecular weight excluding hydrogens is 180 g/mol. The molecule has 1 saturated heterocycles. The summed E-state index contributed by atoms with van der Waals surface area (Å²) < 4.78 is 1.82. The average molecular weight is 194 g/mol. The third kappa shape index (κ3) is 1.63. The number of carbonyl (C=O) groups is 1. The molecule has 0 saturated carbocycles. The maximum absolute atomic E-state index is 11.5. The van der Waals surface area contributed by atoms with E-state index >= 15 is 0 Å². The fourth-order valence-electron chi connectivity index (χ4n) is 1.57. The van der Waals surface area contributed by atoms with Crippen molar-refractivity contribution < 1.29 is 4.79 Å². The van der Waals surface area contributed by atoms with Crippen molar-refractivity contribution in [2.75, 3.05) is 13.1 Å². The van der Waals surface area contributed by atoms with Gasteiger partial charge in [-0.15, -0.1) is 0 Å². The van der Waals surface area contributed by atoms with Crippen LogP contribution in [-0.2, 0) is 11.3 Å². The van der Waals surface area contributed by atoms with Crippen LogP contribution in [-0.4, -0.2) is 28.8 Å². The van der Waals surface area contributed by atoms with Gasteiger partial charge in [-0.25, -0.2) is 0 Å². The summed E-state index contributed by atoms with van der Waals surface area (Å²) in [6.45, 7) is 4.37. The summed E-state index contributed by atoms with van der Waals surface area (Å²) in [5.41, 5.74) is 0.934. The van der Waals surface area contributed by atoms with Crippen LogP contribution in [0.3, 0.4) is 0 Å². The summed E-state index contributed by atoms with van der Waals surface area (Å²) in [6, 6.07) is -0.232. The maximum Gasteiger partial charge on any atom is 0.241 e. The fourth-order valence-corrected chi connectivity index (χ4v) is 1.57. The number of piperazine rings is 1. The predicted octanol–water partition coefficient (Wildman–Crippen LogP) is -0.336. The van der Waals surface area contributed by atoms with Crippen LogP contribution < -0.4 is 10.6 Å². The van der Waals surface area contributed by atoms with Crippen molar-refractivity contribution in [2.24, 2.45) is 0 Å². The SMILES string of the molecule is CCn1cc(C2NCCNC2=O)cn1. The number of aromatic nitrogens is 2. The number of rotatable bonds is 2. The van der Waals surface area contributed by atoms with Crippen LogP contribution >= 0.6 is 0 Å². The Morgan fingerprint density at radius 2 is 2.50 bits per heavy atom. The molecule has 5 heteroatoms. The molecule has 76 valence electrons. The second-order valence-corrected chi connectivity index (χ2v) is 3.31. The minimum Gasteiger partial charge on any atom is -0.353 e. The molecule has 1 aliphatic rings. The van der Waals surface area contributed by atoms with E-state index < -0.39 is 0 Å². The third-order valence-electron chi connectivity index (χ3n) is 2.35. The maximum atomic E-state index is 11.5. The van der Waals surface area contributed by atoms with E-state index in [4.69, 9.17) is 0 Å². The van der Waals surface area contributed by atoms with Gasteiger partial charge < -0.3 is 10.6 Å². The lowest BCUT2D eigenvalue weighted by molar-refractivity contribution is -0.124. The number of aryl methyl sites for hydroxylation is 1. The zero-order valence-electron chi connectivity index (χ0n) is 8.16. The van der Waals surface area contributed by atoms with Crippen molar-refractivity contribution >= 4 is 5.91 Å². The van der Waals surface area contributed by atoms with Crippen LogP contribution in [0.25, 0.3) is 0 Å². The van der Waals surface area contributed by atoms with Crippen LogP contribution in [0.4, 0.5) is 0 Å². The molecular formula is C9H14N4O. The van der Waals surface area contributed by atoms with E-state index in [1.165, 1.54) is 0 Å². The first-order chi connectivity index (χ1) is 6.81. The van der Waals surface area contributed by atoms with Crippen LogP contribution in [0.1, 0.15) is 18.5 Å². The van der Waals surface area contributed by atoms with Crippen molar-refractivity contribution in [1.82, 2.24) is 20.4 Å². The van der Waals surface area contributed by atoms with Gasteiger partial charge in [0.25, 0.3) is 0 Å². The molecule has 1 fully saturated rings. The van der Waals surface area contributed by atoms with Gasteiger partial charge in [0.15, 0.2) is 0 Å². The van der Waals surface area contributed by atoms with Crippen molar-refractivity contribution in [3.8, 4) is 0 Å². The quantitative estimate of drug-likeness (QED) is 0.677. The van der Waals surface area contributed by atoms with E-state index in [-0.39, 0.29) is 11.9 Å². The Morgan fingerprint density at radius 1 is 1.64 bits per heavy atom. The van der Waals surface area contributed by atoms with Gasteiger partial charge in [-0.2, -0.15) is 5.10 Å². The zero-order valence-corrected chi connectivity index (χ0v) is 8.16. The van der Waals surface area contributed by atoms with E-state index in [0.29, 0.717) is 6.54 Å². The molecule has 1 aromatic rings. The highest BCUT2D eigenvalue weighted by Crippen LogP contribution is 2.13. The molecule has 1 amide bonds. The molecule has 0 aliphatic carbocycles. The summed E-state index contributed by atoms with van der Waals surface area (Å²) in [7, 11) is 0. The van der Waals surface area contributed by atoms with Gasteiger partial charge in [-0.3, -0.25) is 9.48 Å². The van der Waals surface area contributed by atoms with Gasteiger partial charge in [0.2, 0.25) is 5.91 Å². The standard InChI is InChI=1S/C9H14N4O/c1-2-13-6-7(5-12-13)8-9(14)11-4-3-10-8/h5-6,8,10H,2-4H2,1H3,(H,11,14). The summed E-state index contributed by atoms with van der Waals surface area (Å²) >= 11 is 0. The number of nitrogens with one attached hydrogen (secondary N) is 2. The first-order valence-electron chi connectivity index (χ1n) is 4.84. The van der Waals surface area contributed by atoms with Crippen molar-refractivity contribution in [3.05, 3.63) is 18.0 Å². The minimum absolute atomic E-state index is 0.0342. The molecule has 0 bridgehead atoms. The normalized spacial score (nSPS) is 22.1. The van der Waals surface area contributed by atoms with E-state index in [0.717, 1.165) is 18.7 Å². The first-order valence-corrected chi connectivity index (χ1v) is 4.84. The Labute approximate surface area is 82.5 Å². The van der Waals surface area contributed by atoms with Gasteiger partial charge in [-0.1, -0.05) is 0 Å². The molecule has 1 atom stereocenters. The molecule has 2 N–H and O–H groups in total. The van der Waals surface area contributed by atoms with E-state index in [1.54, 1.807) is 6.20 Å². The highest BCUT2D eigenvalue weighted by atomic mass is 16.2. The average Bonchev–Trinajstić information content (AvgIpc) is 2.67. The number of amides is 1. The Kier molecular flexibility index (Phi) is 2.49. The second-order valence-electron chi connectivity index (χ2n) is 3.31.